The van der Waals surface area contributed by atoms with Crippen molar-refractivity contribution in [3.8, 4) is 0 Å². The molecule has 5 heteroatoms. The van der Waals surface area contributed by atoms with Crippen molar-refractivity contribution in [3.63, 3.8) is 0 Å². The molecule has 0 amide bonds. The normalized spacial score (nSPS) is 18.3. The maximum absolute atomic E-state index is 4.73. The Morgan fingerprint density at radius 2 is 1.76 bits per heavy atom. The lowest BCUT2D eigenvalue weighted by atomic mass is 9.91. The fraction of sp³-hybridized carbons (Fsp3) is 0.625. The standard InChI is InChI=1S/C24H36N4S/c1-18-24(23(25-28(18)3)17-21-7-8-21)26-29-22-11-9-19(10-12-22)5-4-6-20-13-15-27(2)16-14-20/h9-12,20-21,26H,4-8,13-17H2,1-3H3. The van der Waals surface area contributed by atoms with E-state index >= 15 is 0 Å². The summed E-state index contributed by atoms with van der Waals surface area (Å²) in [6, 6.07) is 9.13. The Morgan fingerprint density at radius 1 is 1.03 bits per heavy atom. The van der Waals surface area contributed by atoms with Crippen molar-refractivity contribution in [1.29, 1.82) is 0 Å². The lowest BCUT2D eigenvalue weighted by molar-refractivity contribution is 0.210. The number of nitrogens with zero attached hydrogens (tertiary/aromatic N) is 3. The first kappa shape index (κ1) is 20.8. The van der Waals surface area contributed by atoms with E-state index in [0.29, 0.717) is 0 Å². The van der Waals surface area contributed by atoms with Crippen LogP contribution < -0.4 is 4.72 Å². The zero-order valence-corrected chi connectivity index (χ0v) is 19.1. The predicted octanol–water partition coefficient (Wildman–Crippen LogP) is 5.46. The van der Waals surface area contributed by atoms with E-state index in [2.05, 4.69) is 47.9 Å². The maximum Gasteiger partial charge on any atom is 0.0890 e. The van der Waals surface area contributed by atoms with E-state index in [1.54, 1.807) is 11.9 Å². The molecular formula is C24H36N4S. The molecule has 0 unspecified atom stereocenters. The summed E-state index contributed by atoms with van der Waals surface area (Å²) in [5.74, 6) is 1.79. The van der Waals surface area contributed by atoms with Gasteiger partial charge in [-0.25, -0.2) is 0 Å². The summed E-state index contributed by atoms with van der Waals surface area (Å²) in [6.07, 6.45) is 10.5. The largest absolute Gasteiger partial charge is 0.323 e. The SMILES string of the molecule is Cc1c(NSc2ccc(CCCC3CCN(C)CC3)cc2)c(CC2CC2)nn1C. The molecule has 2 aromatic rings. The first-order valence-electron chi connectivity index (χ1n) is 11.3. The summed E-state index contributed by atoms with van der Waals surface area (Å²) >= 11 is 1.71. The molecule has 1 aliphatic carbocycles. The molecule has 1 aromatic heterocycles. The zero-order chi connectivity index (χ0) is 20.2. The summed E-state index contributed by atoms with van der Waals surface area (Å²) in [5.41, 5.74) is 5.13. The molecule has 1 N–H and O–H groups in total. The highest BCUT2D eigenvalue weighted by molar-refractivity contribution is 8.00. The van der Waals surface area contributed by atoms with Gasteiger partial charge >= 0.3 is 0 Å². The van der Waals surface area contributed by atoms with Crippen molar-refractivity contribution in [3.05, 3.63) is 41.2 Å². The van der Waals surface area contributed by atoms with E-state index in [1.807, 2.05) is 11.7 Å². The van der Waals surface area contributed by atoms with E-state index in [-0.39, 0.29) is 0 Å². The molecule has 0 bridgehead atoms. The highest BCUT2D eigenvalue weighted by Gasteiger charge is 2.25. The van der Waals surface area contributed by atoms with E-state index in [1.165, 1.54) is 85.6 Å². The fourth-order valence-electron chi connectivity index (χ4n) is 4.33. The molecule has 0 radical (unpaired) electrons. The molecule has 2 fully saturated rings. The average molecular weight is 413 g/mol. The number of anilines is 1. The van der Waals surface area contributed by atoms with Crippen molar-refractivity contribution in [2.45, 2.75) is 63.2 Å². The lowest BCUT2D eigenvalue weighted by Crippen LogP contribution is -2.30. The monoisotopic (exact) mass is 412 g/mol. The second-order valence-electron chi connectivity index (χ2n) is 9.17. The minimum Gasteiger partial charge on any atom is -0.323 e. The molecule has 29 heavy (non-hydrogen) atoms. The molecule has 4 rings (SSSR count). The van der Waals surface area contributed by atoms with E-state index in [9.17, 15) is 0 Å². The van der Waals surface area contributed by atoms with Gasteiger partial charge in [0, 0.05) is 11.9 Å². The minimum atomic E-state index is 0.851. The third-order valence-corrected chi connectivity index (χ3v) is 7.51. The van der Waals surface area contributed by atoms with Gasteiger partial charge in [0.1, 0.15) is 0 Å². The molecule has 0 spiro atoms. The number of hydrogen-bond acceptors (Lipinski definition) is 4. The summed E-state index contributed by atoms with van der Waals surface area (Å²) in [5, 5.41) is 4.73. The van der Waals surface area contributed by atoms with Crippen LogP contribution in [0.3, 0.4) is 0 Å². The van der Waals surface area contributed by atoms with Crippen LogP contribution >= 0.6 is 11.9 Å². The Hall–Kier alpha value is -1.46. The van der Waals surface area contributed by atoms with Gasteiger partial charge in [0.25, 0.3) is 0 Å². The van der Waals surface area contributed by atoms with E-state index < -0.39 is 0 Å². The average Bonchev–Trinajstić information content (AvgIpc) is 3.50. The van der Waals surface area contributed by atoms with Crippen molar-refractivity contribution in [2.75, 3.05) is 24.9 Å². The molecular weight excluding hydrogens is 376 g/mol. The van der Waals surface area contributed by atoms with Crippen LogP contribution in [0.25, 0.3) is 0 Å². The second kappa shape index (κ2) is 9.57. The van der Waals surface area contributed by atoms with Gasteiger partial charge in [-0.05, 0) is 113 Å². The molecule has 2 heterocycles. The first-order chi connectivity index (χ1) is 14.1. The van der Waals surface area contributed by atoms with Gasteiger partial charge < -0.3 is 9.62 Å². The molecule has 0 atom stereocenters. The van der Waals surface area contributed by atoms with Crippen molar-refractivity contribution in [2.24, 2.45) is 18.9 Å². The number of aromatic nitrogens is 2. The van der Waals surface area contributed by atoms with Gasteiger partial charge in [0.2, 0.25) is 0 Å². The number of hydrogen-bond donors (Lipinski definition) is 1. The molecule has 1 saturated heterocycles. The molecule has 1 aliphatic heterocycles. The number of rotatable bonds is 9. The van der Waals surface area contributed by atoms with Crippen LogP contribution in [0, 0.1) is 18.8 Å². The Morgan fingerprint density at radius 3 is 2.45 bits per heavy atom. The molecule has 4 nitrogen and oxygen atoms in total. The van der Waals surface area contributed by atoms with Gasteiger partial charge in [-0.3, -0.25) is 4.68 Å². The van der Waals surface area contributed by atoms with E-state index in [0.717, 1.165) is 18.3 Å². The Bertz CT molecular complexity index is 786. The van der Waals surface area contributed by atoms with Crippen LogP contribution in [0.1, 0.15) is 55.5 Å². The first-order valence-corrected chi connectivity index (χ1v) is 12.1. The van der Waals surface area contributed by atoms with Gasteiger partial charge in [0.05, 0.1) is 17.1 Å². The summed E-state index contributed by atoms with van der Waals surface area (Å²) in [7, 11) is 4.29. The van der Waals surface area contributed by atoms with Crippen LogP contribution in [0.4, 0.5) is 5.69 Å². The smallest absolute Gasteiger partial charge is 0.0890 e. The fourth-order valence-corrected chi connectivity index (χ4v) is 5.09. The topological polar surface area (TPSA) is 33.1 Å². The number of piperidine rings is 1. The quantitative estimate of drug-likeness (QED) is 0.554. The van der Waals surface area contributed by atoms with Gasteiger partial charge in [0.15, 0.2) is 0 Å². The van der Waals surface area contributed by atoms with Crippen LogP contribution in [-0.2, 0) is 19.9 Å². The molecule has 158 valence electrons. The molecule has 1 saturated carbocycles. The Balaban J connectivity index is 1.24. The van der Waals surface area contributed by atoms with Crippen molar-refractivity contribution < 1.29 is 0 Å². The Kier molecular flexibility index (Phi) is 6.86. The molecule has 1 aromatic carbocycles. The van der Waals surface area contributed by atoms with Gasteiger partial charge in [-0.15, -0.1) is 0 Å². The minimum absolute atomic E-state index is 0.851. The zero-order valence-electron chi connectivity index (χ0n) is 18.3. The number of benzene rings is 1. The van der Waals surface area contributed by atoms with Crippen LogP contribution in [-0.4, -0.2) is 34.8 Å². The van der Waals surface area contributed by atoms with Gasteiger partial charge in [-0.2, -0.15) is 5.10 Å². The number of nitrogens with one attached hydrogen (secondary N) is 1. The molecule has 2 aliphatic rings. The maximum atomic E-state index is 4.73. The highest BCUT2D eigenvalue weighted by atomic mass is 32.2. The van der Waals surface area contributed by atoms with E-state index in [4.69, 9.17) is 5.10 Å². The lowest BCUT2D eigenvalue weighted by Gasteiger charge is -2.28. The third-order valence-electron chi connectivity index (χ3n) is 6.70. The predicted molar refractivity (Wildman–Crippen MR) is 123 cm³/mol. The summed E-state index contributed by atoms with van der Waals surface area (Å²) in [4.78, 5) is 3.73. The second-order valence-corrected chi connectivity index (χ2v) is 10.0. The Labute approximate surface area is 180 Å². The van der Waals surface area contributed by atoms with Crippen molar-refractivity contribution >= 4 is 17.6 Å². The number of likely N-dealkylation sites (tertiary alicyclic amines) is 1. The van der Waals surface area contributed by atoms with Crippen LogP contribution in [0.2, 0.25) is 0 Å². The highest BCUT2D eigenvalue weighted by Crippen LogP contribution is 2.36. The summed E-state index contributed by atoms with van der Waals surface area (Å²) < 4.78 is 5.60. The van der Waals surface area contributed by atoms with Gasteiger partial charge in [-0.1, -0.05) is 18.6 Å². The van der Waals surface area contributed by atoms with Crippen LogP contribution in [0.5, 0.6) is 0 Å². The summed E-state index contributed by atoms with van der Waals surface area (Å²) in [6.45, 7) is 4.71. The van der Waals surface area contributed by atoms with Crippen LogP contribution in [0.15, 0.2) is 29.2 Å². The third kappa shape index (κ3) is 5.79. The number of aryl methyl sites for hydroxylation is 2. The van der Waals surface area contributed by atoms with Crippen molar-refractivity contribution in [1.82, 2.24) is 14.7 Å².